The number of nitrogens with one attached hydrogen (secondary N) is 1. The van der Waals surface area contributed by atoms with Crippen LogP contribution in [0.25, 0.3) is 16.2 Å². The van der Waals surface area contributed by atoms with E-state index in [2.05, 4.69) is 25.3 Å². The van der Waals surface area contributed by atoms with E-state index in [0.29, 0.717) is 16.7 Å². The van der Waals surface area contributed by atoms with Gasteiger partial charge in [0.2, 0.25) is 23.2 Å². The molecular formula is C22H18FN7O5S. The zero-order chi connectivity index (χ0) is 25.6. The van der Waals surface area contributed by atoms with Gasteiger partial charge in [0.05, 0.1) is 18.4 Å². The quantitative estimate of drug-likeness (QED) is 0.392. The molecule has 1 amide bonds. The molecule has 5 heterocycles. The summed E-state index contributed by atoms with van der Waals surface area (Å²) in [7, 11) is 1.46. The average Bonchev–Trinajstić information content (AvgIpc) is 3.33. The molecule has 0 aromatic carbocycles. The SMILES string of the molecule is COc1cc(C)nc(NC(=O)C2CN(c3nc4c(cc3F)c(=O)c(C(=O)O)cn4-c3nccs3)C2)n1. The lowest BCUT2D eigenvalue weighted by atomic mass is 9.99. The van der Waals surface area contributed by atoms with Gasteiger partial charge in [-0.05, 0) is 13.0 Å². The van der Waals surface area contributed by atoms with Gasteiger partial charge in [0.15, 0.2) is 22.4 Å². The largest absolute Gasteiger partial charge is 0.481 e. The van der Waals surface area contributed by atoms with E-state index < -0.39 is 28.7 Å². The van der Waals surface area contributed by atoms with E-state index in [0.717, 1.165) is 12.3 Å². The molecule has 0 atom stereocenters. The highest BCUT2D eigenvalue weighted by Crippen LogP contribution is 2.29. The highest BCUT2D eigenvalue weighted by molar-refractivity contribution is 7.12. The van der Waals surface area contributed by atoms with Crippen molar-refractivity contribution in [3.63, 3.8) is 0 Å². The van der Waals surface area contributed by atoms with E-state index in [9.17, 15) is 19.5 Å². The Hall–Kier alpha value is -4.46. The van der Waals surface area contributed by atoms with Crippen molar-refractivity contribution in [2.75, 3.05) is 30.4 Å². The monoisotopic (exact) mass is 511 g/mol. The smallest absolute Gasteiger partial charge is 0.341 e. The van der Waals surface area contributed by atoms with Gasteiger partial charge in [-0.15, -0.1) is 11.3 Å². The maximum absolute atomic E-state index is 15.0. The van der Waals surface area contributed by atoms with E-state index in [4.69, 9.17) is 4.74 Å². The van der Waals surface area contributed by atoms with E-state index in [1.54, 1.807) is 23.3 Å². The molecule has 1 aliphatic heterocycles. The summed E-state index contributed by atoms with van der Waals surface area (Å²) in [6.07, 6.45) is 2.64. The zero-order valence-electron chi connectivity index (χ0n) is 18.9. The maximum atomic E-state index is 15.0. The number of aromatic nitrogens is 5. The van der Waals surface area contributed by atoms with Crippen molar-refractivity contribution in [2.45, 2.75) is 6.92 Å². The number of hydrogen-bond acceptors (Lipinski definition) is 10. The number of anilines is 2. The van der Waals surface area contributed by atoms with Crippen LogP contribution in [0.1, 0.15) is 16.1 Å². The predicted octanol–water partition coefficient (Wildman–Crippen LogP) is 1.86. The number of thiazole rings is 1. The summed E-state index contributed by atoms with van der Waals surface area (Å²) in [6.45, 7) is 2.07. The number of fused-ring (bicyclic) bond motifs is 1. The van der Waals surface area contributed by atoms with Crippen molar-refractivity contribution >= 4 is 46.0 Å². The molecule has 0 unspecified atom stereocenters. The number of carboxylic acid groups (broad SMARTS) is 1. The fraction of sp³-hybridized carbons (Fsp3) is 0.227. The third-order valence-electron chi connectivity index (χ3n) is 5.60. The first-order valence-corrected chi connectivity index (χ1v) is 11.5. The standard InChI is InChI=1S/C22H18FN7O5S/c1-10-5-15(35-2)26-21(25-10)28-19(32)11-7-29(8-11)18-14(23)6-12-16(31)13(20(33)34)9-30(17(12)27-18)22-24-3-4-36-22/h3-6,9,11H,7-8H2,1-2H3,(H,33,34)(H,25,26,28,32). The van der Waals surface area contributed by atoms with Crippen molar-refractivity contribution in [1.29, 1.82) is 0 Å². The Morgan fingerprint density at radius 1 is 1.25 bits per heavy atom. The number of ether oxygens (including phenoxy) is 1. The number of hydrogen-bond donors (Lipinski definition) is 2. The van der Waals surface area contributed by atoms with Gasteiger partial charge in [-0.1, -0.05) is 0 Å². The van der Waals surface area contributed by atoms with Crippen molar-refractivity contribution in [3.8, 4) is 11.0 Å². The minimum Gasteiger partial charge on any atom is -0.481 e. The van der Waals surface area contributed by atoms with Crippen LogP contribution in [-0.2, 0) is 4.79 Å². The Bertz CT molecular complexity index is 1570. The Morgan fingerprint density at radius 2 is 2.03 bits per heavy atom. The van der Waals surface area contributed by atoms with Crippen LogP contribution in [0.4, 0.5) is 16.2 Å². The summed E-state index contributed by atoms with van der Waals surface area (Å²) >= 11 is 1.20. The molecule has 14 heteroatoms. The van der Waals surface area contributed by atoms with Gasteiger partial charge in [0, 0.05) is 42.6 Å². The lowest BCUT2D eigenvalue weighted by Gasteiger charge is -2.39. The lowest BCUT2D eigenvalue weighted by Crippen LogP contribution is -2.53. The van der Waals surface area contributed by atoms with E-state index in [-0.39, 0.29) is 41.8 Å². The van der Waals surface area contributed by atoms with E-state index in [1.165, 1.54) is 29.2 Å². The van der Waals surface area contributed by atoms with Crippen LogP contribution in [0.15, 0.2) is 34.7 Å². The summed E-state index contributed by atoms with van der Waals surface area (Å²) < 4.78 is 21.5. The molecule has 184 valence electrons. The van der Waals surface area contributed by atoms with Crippen molar-refractivity contribution < 1.29 is 23.8 Å². The number of amides is 1. The number of aromatic carboxylic acids is 1. The number of aryl methyl sites for hydroxylation is 1. The second-order valence-corrected chi connectivity index (χ2v) is 8.87. The first kappa shape index (κ1) is 23.3. The second kappa shape index (κ2) is 8.96. The summed E-state index contributed by atoms with van der Waals surface area (Å²) in [4.78, 5) is 55.2. The number of pyridine rings is 2. The maximum Gasteiger partial charge on any atom is 0.341 e. The first-order valence-electron chi connectivity index (χ1n) is 10.6. The normalized spacial score (nSPS) is 13.5. The Labute approximate surface area is 206 Å². The number of carboxylic acids is 1. The van der Waals surface area contributed by atoms with Gasteiger partial charge in [-0.3, -0.25) is 19.5 Å². The summed E-state index contributed by atoms with van der Waals surface area (Å²) in [5, 5.41) is 13.9. The molecule has 1 saturated heterocycles. The second-order valence-electron chi connectivity index (χ2n) is 7.99. The Kier molecular flexibility index (Phi) is 5.80. The molecule has 0 spiro atoms. The highest BCUT2D eigenvalue weighted by atomic mass is 32.1. The molecule has 4 aromatic heterocycles. The van der Waals surface area contributed by atoms with Gasteiger partial charge >= 0.3 is 5.97 Å². The third-order valence-corrected chi connectivity index (χ3v) is 6.37. The Morgan fingerprint density at radius 3 is 2.69 bits per heavy atom. The topological polar surface area (TPSA) is 152 Å². The molecule has 0 radical (unpaired) electrons. The first-order chi connectivity index (χ1) is 17.2. The van der Waals surface area contributed by atoms with Crippen molar-refractivity contribution in [3.05, 3.63) is 57.2 Å². The van der Waals surface area contributed by atoms with Crippen LogP contribution in [0.2, 0.25) is 0 Å². The molecule has 36 heavy (non-hydrogen) atoms. The van der Waals surface area contributed by atoms with Crippen molar-refractivity contribution in [2.24, 2.45) is 5.92 Å². The minimum absolute atomic E-state index is 0.0597. The summed E-state index contributed by atoms with van der Waals surface area (Å²) in [6, 6.07) is 2.59. The fourth-order valence-electron chi connectivity index (χ4n) is 3.80. The lowest BCUT2D eigenvalue weighted by molar-refractivity contribution is -0.120. The van der Waals surface area contributed by atoms with Gasteiger partial charge in [0.25, 0.3) is 0 Å². The van der Waals surface area contributed by atoms with Crippen LogP contribution in [-0.4, -0.2) is 61.7 Å². The van der Waals surface area contributed by atoms with Crippen LogP contribution in [0.5, 0.6) is 5.88 Å². The summed E-state index contributed by atoms with van der Waals surface area (Å²) in [5.74, 6) is -2.71. The zero-order valence-corrected chi connectivity index (χ0v) is 19.7. The number of carbonyl (C=O) groups is 2. The molecule has 0 aliphatic carbocycles. The minimum atomic E-state index is -1.44. The molecule has 5 rings (SSSR count). The van der Waals surface area contributed by atoms with Crippen LogP contribution < -0.4 is 20.4 Å². The molecule has 4 aromatic rings. The molecule has 1 fully saturated rings. The number of carbonyl (C=O) groups excluding carboxylic acids is 1. The van der Waals surface area contributed by atoms with E-state index in [1.807, 2.05) is 0 Å². The molecular weight excluding hydrogens is 493 g/mol. The molecule has 0 saturated carbocycles. The Balaban J connectivity index is 1.43. The van der Waals surface area contributed by atoms with Gasteiger partial charge in [-0.2, -0.15) is 4.98 Å². The van der Waals surface area contributed by atoms with Gasteiger partial charge < -0.3 is 14.7 Å². The molecule has 12 nitrogen and oxygen atoms in total. The van der Waals surface area contributed by atoms with Crippen LogP contribution in [0, 0.1) is 18.7 Å². The van der Waals surface area contributed by atoms with Gasteiger partial charge in [-0.25, -0.2) is 24.1 Å². The summed E-state index contributed by atoms with van der Waals surface area (Å²) in [5.41, 5.74) is -0.698. The molecule has 2 N–H and O–H groups in total. The third kappa shape index (κ3) is 4.11. The average molecular weight is 511 g/mol. The number of rotatable bonds is 6. The van der Waals surface area contributed by atoms with E-state index >= 15 is 4.39 Å². The van der Waals surface area contributed by atoms with Gasteiger partial charge in [0.1, 0.15) is 5.56 Å². The molecule has 1 aliphatic rings. The van der Waals surface area contributed by atoms with Crippen LogP contribution in [0.3, 0.4) is 0 Å². The highest BCUT2D eigenvalue weighted by Gasteiger charge is 2.36. The molecule has 0 bridgehead atoms. The predicted molar refractivity (Wildman–Crippen MR) is 128 cm³/mol. The van der Waals surface area contributed by atoms with Crippen LogP contribution >= 0.6 is 11.3 Å². The number of halogens is 1. The van der Waals surface area contributed by atoms with Crippen molar-refractivity contribution in [1.82, 2.24) is 24.5 Å². The number of nitrogens with zero attached hydrogens (tertiary/aromatic N) is 6. The number of methoxy groups -OCH3 is 1. The fourth-order valence-corrected chi connectivity index (χ4v) is 4.42.